The van der Waals surface area contributed by atoms with Crippen molar-refractivity contribution in [2.75, 3.05) is 13.1 Å². The van der Waals surface area contributed by atoms with Crippen molar-refractivity contribution < 1.29 is 28.2 Å². The van der Waals surface area contributed by atoms with Crippen LogP contribution in [0.2, 0.25) is 0 Å². The van der Waals surface area contributed by atoms with Crippen molar-refractivity contribution in [2.24, 2.45) is 5.92 Å². The summed E-state index contributed by atoms with van der Waals surface area (Å²) in [4.78, 5) is 8.90. The van der Waals surface area contributed by atoms with Gasteiger partial charge in [0.15, 0.2) is 0 Å². The van der Waals surface area contributed by atoms with Crippen molar-refractivity contribution in [2.45, 2.75) is 19.2 Å². The summed E-state index contributed by atoms with van der Waals surface area (Å²) < 4.78 is 31.7. The number of carboxylic acids is 1. The Kier molecular flexibility index (Phi) is 4.86. The standard InChI is InChI=1S/C5H11NO.C2HF3O2/c1-4(7)5-2-6-3-5;3-2(4,5)1(6)7/h4-7H,2-3H2,1H3;(H,6,7)/t4-;/m0./s1. The summed E-state index contributed by atoms with van der Waals surface area (Å²) in [6, 6.07) is 0. The summed E-state index contributed by atoms with van der Waals surface area (Å²) in [7, 11) is 0. The first-order valence-corrected chi connectivity index (χ1v) is 3.94. The normalized spacial score (nSPS) is 18.9. The van der Waals surface area contributed by atoms with Crippen molar-refractivity contribution in [3.8, 4) is 0 Å². The molecule has 1 aliphatic heterocycles. The molecule has 1 heterocycles. The molecule has 0 saturated carbocycles. The highest BCUT2D eigenvalue weighted by molar-refractivity contribution is 5.73. The van der Waals surface area contributed by atoms with Crippen LogP contribution in [-0.2, 0) is 4.79 Å². The minimum atomic E-state index is -5.08. The summed E-state index contributed by atoms with van der Waals surface area (Å²) in [6.07, 6.45) is -5.19. The fraction of sp³-hybridized carbons (Fsp3) is 0.857. The van der Waals surface area contributed by atoms with Crippen molar-refractivity contribution in [3.05, 3.63) is 0 Å². The minimum absolute atomic E-state index is 0.110. The highest BCUT2D eigenvalue weighted by atomic mass is 19.4. The van der Waals surface area contributed by atoms with Crippen molar-refractivity contribution in [1.82, 2.24) is 5.32 Å². The van der Waals surface area contributed by atoms with Gasteiger partial charge in [-0.05, 0) is 6.92 Å². The Labute approximate surface area is 78.7 Å². The largest absolute Gasteiger partial charge is 0.490 e. The van der Waals surface area contributed by atoms with Crippen molar-refractivity contribution >= 4 is 5.97 Å². The molecule has 0 aliphatic carbocycles. The molecule has 3 N–H and O–H groups in total. The second-order valence-electron chi connectivity index (χ2n) is 2.96. The first kappa shape index (κ1) is 13.2. The lowest BCUT2D eigenvalue weighted by molar-refractivity contribution is -0.192. The number of carboxylic acid groups (broad SMARTS) is 1. The van der Waals surface area contributed by atoms with Crippen LogP contribution in [0.4, 0.5) is 13.2 Å². The topological polar surface area (TPSA) is 69.6 Å². The van der Waals surface area contributed by atoms with Crippen LogP contribution >= 0.6 is 0 Å². The number of rotatable bonds is 1. The number of hydrogen-bond acceptors (Lipinski definition) is 3. The molecule has 7 heteroatoms. The van der Waals surface area contributed by atoms with Crippen LogP contribution < -0.4 is 5.32 Å². The lowest BCUT2D eigenvalue weighted by atomic mass is 9.98. The van der Waals surface area contributed by atoms with Gasteiger partial charge in [0.1, 0.15) is 0 Å². The number of aliphatic hydroxyl groups is 1. The van der Waals surface area contributed by atoms with Gasteiger partial charge < -0.3 is 15.5 Å². The van der Waals surface area contributed by atoms with E-state index in [1.54, 1.807) is 0 Å². The van der Waals surface area contributed by atoms with E-state index in [4.69, 9.17) is 15.0 Å². The zero-order valence-electron chi connectivity index (χ0n) is 7.51. The van der Waals surface area contributed by atoms with Crippen LogP contribution in [0.25, 0.3) is 0 Å². The van der Waals surface area contributed by atoms with E-state index in [1.165, 1.54) is 0 Å². The van der Waals surface area contributed by atoms with Crippen LogP contribution in [0, 0.1) is 5.92 Å². The number of aliphatic carboxylic acids is 1. The second-order valence-corrected chi connectivity index (χ2v) is 2.96. The zero-order chi connectivity index (χ0) is 11.4. The average Bonchev–Trinajstić information content (AvgIpc) is 1.79. The Bertz CT molecular complexity index is 189. The fourth-order valence-corrected chi connectivity index (χ4v) is 0.652. The second kappa shape index (κ2) is 5.16. The quantitative estimate of drug-likeness (QED) is 0.585. The molecule has 14 heavy (non-hydrogen) atoms. The number of alkyl halides is 3. The lowest BCUT2D eigenvalue weighted by Gasteiger charge is -2.29. The molecule has 84 valence electrons. The van der Waals surface area contributed by atoms with Gasteiger partial charge in [-0.1, -0.05) is 0 Å². The van der Waals surface area contributed by atoms with Gasteiger partial charge in [0.05, 0.1) is 6.10 Å². The van der Waals surface area contributed by atoms with E-state index in [1.807, 2.05) is 6.92 Å². The highest BCUT2D eigenvalue weighted by Crippen LogP contribution is 2.13. The average molecular weight is 215 g/mol. The van der Waals surface area contributed by atoms with Crippen LogP contribution in [-0.4, -0.2) is 41.6 Å². The van der Waals surface area contributed by atoms with Gasteiger partial charge in [-0.3, -0.25) is 0 Å². The maximum absolute atomic E-state index is 10.6. The third-order valence-corrected chi connectivity index (χ3v) is 1.74. The summed E-state index contributed by atoms with van der Waals surface area (Å²) >= 11 is 0. The smallest absolute Gasteiger partial charge is 0.475 e. The van der Waals surface area contributed by atoms with Crippen LogP contribution in [0.3, 0.4) is 0 Å². The molecule has 0 amide bonds. The molecule has 0 unspecified atom stereocenters. The van der Waals surface area contributed by atoms with Gasteiger partial charge in [0.2, 0.25) is 0 Å². The Hall–Kier alpha value is -0.820. The van der Waals surface area contributed by atoms with E-state index in [9.17, 15) is 13.2 Å². The predicted octanol–water partition coefficient (Wildman–Crippen LogP) is 0.220. The molecule has 1 aliphatic rings. The van der Waals surface area contributed by atoms with Gasteiger partial charge in [0, 0.05) is 19.0 Å². The molecule has 0 spiro atoms. The van der Waals surface area contributed by atoms with E-state index in [2.05, 4.69) is 5.32 Å². The molecule has 1 fully saturated rings. The van der Waals surface area contributed by atoms with E-state index in [0.717, 1.165) is 13.1 Å². The van der Waals surface area contributed by atoms with E-state index in [0.29, 0.717) is 5.92 Å². The first-order chi connectivity index (χ1) is 6.25. The minimum Gasteiger partial charge on any atom is -0.475 e. The van der Waals surface area contributed by atoms with Gasteiger partial charge in [-0.2, -0.15) is 13.2 Å². The number of halogens is 3. The number of aliphatic hydroxyl groups excluding tert-OH is 1. The number of carbonyl (C=O) groups is 1. The third kappa shape index (κ3) is 5.03. The van der Waals surface area contributed by atoms with Crippen LogP contribution in [0.15, 0.2) is 0 Å². The molecule has 4 nitrogen and oxygen atoms in total. The Morgan fingerprint density at radius 3 is 1.86 bits per heavy atom. The first-order valence-electron chi connectivity index (χ1n) is 3.94. The van der Waals surface area contributed by atoms with E-state index >= 15 is 0 Å². The van der Waals surface area contributed by atoms with Gasteiger partial charge in [-0.25, -0.2) is 4.79 Å². The van der Waals surface area contributed by atoms with Gasteiger partial charge in [-0.15, -0.1) is 0 Å². The fourth-order valence-electron chi connectivity index (χ4n) is 0.652. The Balaban J connectivity index is 0.000000241. The molecule has 0 aromatic rings. The molecule has 0 aromatic heterocycles. The van der Waals surface area contributed by atoms with Gasteiger partial charge in [0.25, 0.3) is 0 Å². The molecular formula is C7H12F3NO3. The highest BCUT2D eigenvalue weighted by Gasteiger charge is 2.38. The molecule has 0 aromatic carbocycles. The molecule has 0 bridgehead atoms. The van der Waals surface area contributed by atoms with Gasteiger partial charge >= 0.3 is 12.1 Å². The number of hydrogen-bond donors (Lipinski definition) is 3. The number of nitrogens with one attached hydrogen (secondary N) is 1. The van der Waals surface area contributed by atoms with E-state index in [-0.39, 0.29) is 6.10 Å². The predicted molar refractivity (Wildman–Crippen MR) is 41.7 cm³/mol. The van der Waals surface area contributed by atoms with Crippen molar-refractivity contribution in [1.29, 1.82) is 0 Å². The molecule has 1 saturated heterocycles. The SMILES string of the molecule is C[C@H](O)C1CNC1.O=C(O)C(F)(F)F. The maximum atomic E-state index is 10.6. The van der Waals surface area contributed by atoms with Crippen molar-refractivity contribution in [3.63, 3.8) is 0 Å². The summed E-state index contributed by atoms with van der Waals surface area (Å²) in [5, 5.41) is 19.0. The Morgan fingerprint density at radius 2 is 1.86 bits per heavy atom. The molecular weight excluding hydrogens is 203 g/mol. The molecule has 1 atom stereocenters. The molecule has 1 rings (SSSR count). The molecule has 0 radical (unpaired) electrons. The summed E-state index contributed by atoms with van der Waals surface area (Å²) in [6.45, 7) is 3.83. The Morgan fingerprint density at radius 1 is 1.50 bits per heavy atom. The maximum Gasteiger partial charge on any atom is 0.490 e. The summed E-state index contributed by atoms with van der Waals surface area (Å²) in [5.74, 6) is -2.23. The summed E-state index contributed by atoms with van der Waals surface area (Å²) in [5.41, 5.74) is 0. The monoisotopic (exact) mass is 215 g/mol. The van der Waals surface area contributed by atoms with Crippen LogP contribution in [0.5, 0.6) is 0 Å². The van der Waals surface area contributed by atoms with Crippen LogP contribution in [0.1, 0.15) is 6.92 Å². The van der Waals surface area contributed by atoms with E-state index < -0.39 is 12.1 Å². The third-order valence-electron chi connectivity index (χ3n) is 1.74. The lowest BCUT2D eigenvalue weighted by Crippen LogP contribution is -2.47. The zero-order valence-corrected chi connectivity index (χ0v) is 7.51.